The summed E-state index contributed by atoms with van der Waals surface area (Å²) < 4.78 is 5.51. The van der Waals surface area contributed by atoms with E-state index in [9.17, 15) is 19.8 Å². The summed E-state index contributed by atoms with van der Waals surface area (Å²) in [5, 5.41) is 23.4. The maximum Gasteiger partial charge on any atom is 0.305 e. The van der Waals surface area contributed by atoms with Crippen molar-refractivity contribution in [1.29, 1.82) is 0 Å². The van der Waals surface area contributed by atoms with Gasteiger partial charge in [0.05, 0.1) is 25.4 Å². The van der Waals surface area contributed by atoms with Crippen LogP contribution in [0.4, 0.5) is 0 Å². The highest BCUT2D eigenvalue weighted by Crippen LogP contribution is 2.21. The number of carbonyl (C=O) groups is 2. The summed E-state index contributed by atoms with van der Waals surface area (Å²) in [6.45, 7) is 4.96. The van der Waals surface area contributed by atoms with Crippen molar-refractivity contribution in [3.63, 3.8) is 0 Å². The zero-order chi connectivity index (χ0) is 70.5. The van der Waals surface area contributed by atoms with Crippen molar-refractivity contribution >= 4 is 11.9 Å². The van der Waals surface area contributed by atoms with Gasteiger partial charge in [-0.15, -0.1) is 0 Å². The van der Waals surface area contributed by atoms with Crippen LogP contribution < -0.4 is 5.32 Å². The van der Waals surface area contributed by atoms with Crippen molar-refractivity contribution in [1.82, 2.24) is 5.32 Å². The van der Waals surface area contributed by atoms with Gasteiger partial charge in [-0.1, -0.05) is 448 Å². The number of ether oxygens (including phenoxy) is 1. The molecule has 578 valence electrons. The number of aliphatic hydroxyl groups excluding tert-OH is 2. The van der Waals surface area contributed by atoms with E-state index in [-0.39, 0.29) is 18.5 Å². The number of unbranched alkanes of at least 4 members (excludes halogenated alkanes) is 68. The second kappa shape index (κ2) is 87.2. The summed E-state index contributed by atoms with van der Waals surface area (Å²) in [5.41, 5.74) is 0. The Morgan fingerprint density at radius 3 is 0.786 bits per heavy atom. The van der Waals surface area contributed by atoms with E-state index in [2.05, 4.69) is 55.6 Å². The molecule has 0 radical (unpaired) electrons. The number of hydrogen-bond acceptors (Lipinski definition) is 5. The SMILES string of the molecule is CCCCCCCC/C=C\CCCCCCCCCC(=O)OCCCCCCCCCCCCCCCCC/C=C\C/C=C\CCCCCCCCCCCCCCCCCCCC(=O)NC(CO)C(O)/C=C/CCCCCCCCCCCCCCCCCCCCCCCCC. The first-order valence-electron chi connectivity index (χ1n) is 44.9. The Morgan fingerprint density at radius 2 is 0.510 bits per heavy atom. The Morgan fingerprint density at radius 1 is 0.286 bits per heavy atom. The molecule has 2 unspecified atom stereocenters. The first-order chi connectivity index (χ1) is 48.5. The maximum absolute atomic E-state index is 12.6. The highest BCUT2D eigenvalue weighted by molar-refractivity contribution is 5.76. The van der Waals surface area contributed by atoms with E-state index in [0.717, 1.165) is 51.4 Å². The van der Waals surface area contributed by atoms with E-state index in [1.807, 2.05) is 6.08 Å². The molecule has 0 aliphatic heterocycles. The van der Waals surface area contributed by atoms with Crippen molar-refractivity contribution in [2.24, 2.45) is 0 Å². The Labute approximate surface area is 614 Å². The summed E-state index contributed by atoms with van der Waals surface area (Å²) in [6, 6.07) is -0.628. The fourth-order valence-corrected chi connectivity index (χ4v) is 14.3. The Kier molecular flexibility index (Phi) is 85.3. The lowest BCUT2D eigenvalue weighted by Crippen LogP contribution is -2.45. The molecule has 0 aromatic carbocycles. The quantitative estimate of drug-likeness (QED) is 0.0320. The van der Waals surface area contributed by atoms with Crippen LogP contribution >= 0.6 is 0 Å². The third-order valence-corrected chi connectivity index (χ3v) is 21.1. The van der Waals surface area contributed by atoms with Crippen LogP contribution in [0.3, 0.4) is 0 Å². The third kappa shape index (κ3) is 82.8. The van der Waals surface area contributed by atoms with Gasteiger partial charge >= 0.3 is 5.97 Å². The van der Waals surface area contributed by atoms with Gasteiger partial charge in [0, 0.05) is 12.8 Å². The van der Waals surface area contributed by atoms with Crippen LogP contribution in [-0.2, 0) is 14.3 Å². The van der Waals surface area contributed by atoms with E-state index < -0.39 is 12.1 Å². The monoisotopic (exact) mass is 1370 g/mol. The van der Waals surface area contributed by atoms with E-state index >= 15 is 0 Å². The highest BCUT2D eigenvalue weighted by atomic mass is 16.5. The zero-order valence-electron chi connectivity index (χ0n) is 66.5. The summed E-state index contributed by atoms with van der Waals surface area (Å²) in [6.07, 6.45) is 117. The molecule has 6 nitrogen and oxygen atoms in total. The number of esters is 1. The molecule has 98 heavy (non-hydrogen) atoms. The summed E-state index contributed by atoms with van der Waals surface area (Å²) in [7, 11) is 0. The predicted octanol–water partition coefficient (Wildman–Crippen LogP) is 30.3. The van der Waals surface area contributed by atoms with Gasteiger partial charge in [0.1, 0.15) is 0 Å². The fourth-order valence-electron chi connectivity index (χ4n) is 14.3. The molecule has 0 aliphatic carbocycles. The van der Waals surface area contributed by atoms with Gasteiger partial charge in [0.2, 0.25) is 5.91 Å². The van der Waals surface area contributed by atoms with Crippen LogP contribution in [0.25, 0.3) is 0 Å². The number of amides is 1. The van der Waals surface area contributed by atoms with Gasteiger partial charge in [-0.2, -0.15) is 0 Å². The van der Waals surface area contributed by atoms with Crippen LogP contribution in [0.2, 0.25) is 0 Å². The lowest BCUT2D eigenvalue weighted by molar-refractivity contribution is -0.143. The second-order valence-electron chi connectivity index (χ2n) is 30.9. The van der Waals surface area contributed by atoms with Crippen LogP contribution in [-0.4, -0.2) is 47.4 Å². The Hall–Kier alpha value is -2.18. The van der Waals surface area contributed by atoms with Gasteiger partial charge in [0.25, 0.3) is 0 Å². The first-order valence-corrected chi connectivity index (χ1v) is 44.9. The smallest absolute Gasteiger partial charge is 0.305 e. The van der Waals surface area contributed by atoms with Gasteiger partial charge < -0.3 is 20.3 Å². The second-order valence-corrected chi connectivity index (χ2v) is 30.9. The van der Waals surface area contributed by atoms with Gasteiger partial charge in [-0.25, -0.2) is 0 Å². The molecule has 6 heteroatoms. The highest BCUT2D eigenvalue weighted by Gasteiger charge is 2.18. The molecule has 0 bridgehead atoms. The lowest BCUT2D eigenvalue weighted by Gasteiger charge is -2.20. The minimum Gasteiger partial charge on any atom is -0.466 e. The van der Waals surface area contributed by atoms with Crippen molar-refractivity contribution in [3.8, 4) is 0 Å². The van der Waals surface area contributed by atoms with Crippen molar-refractivity contribution < 1.29 is 24.5 Å². The number of hydrogen-bond donors (Lipinski definition) is 3. The summed E-state index contributed by atoms with van der Waals surface area (Å²) in [5.74, 6) is -0.0418. The molecule has 1 amide bonds. The summed E-state index contributed by atoms with van der Waals surface area (Å²) >= 11 is 0. The molecule has 0 fully saturated rings. The van der Waals surface area contributed by atoms with Gasteiger partial charge in [0.15, 0.2) is 0 Å². The molecule has 2 atom stereocenters. The van der Waals surface area contributed by atoms with Crippen LogP contribution in [0.5, 0.6) is 0 Å². The number of nitrogens with one attached hydrogen (secondary N) is 1. The molecule has 0 aromatic rings. The average molecular weight is 1380 g/mol. The van der Waals surface area contributed by atoms with E-state index in [1.165, 1.54) is 424 Å². The third-order valence-electron chi connectivity index (χ3n) is 21.1. The first kappa shape index (κ1) is 95.8. The Balaban J connectivity index is 3.37. The number of rotatable bonds is 85. The molecule has 0 rings (SSSR count). The fraction of sp³-hybridized carbons (Fsp3) is 0.891. The number of allylic oxidation sites excluding steroid dienone is 7. The molecule has 0 spiro atoms. The maximum atomic E-state index is 12.6. The minimum absolute atomic E-state index is 0.0176. The molecular weight excluding hydrogens is 1200 g/mol. The van der Waals surface area contributed by atoms with Gasteiger partial charge in [-0.05, 0) is 89.9 Å². The van der Waals surface area contributed by atoms with Crippen molar-refractivity contribution in [3.05, 3.63) is 48.6 Å². The van der Waals surface area contributed by atoms with Crippen LogP contribution in [0.15, 0.2) is 48.6 Å². The van der Waals surface area contributed by atoms with Gasteiger partial charge in [-0.3, -0.25) is 9.59 Å². The molecule has 0 saturated carbocycles. The van der Waals surface area contributed by atoms with Crippen molar-refractivity contribution in [2.45, 2.75) is 514 Å². The van der Waals surface area contributed by atoms with E-state index in [0.29, 0.717) is 19.4 Å². The molecule has 3 N–H and O–H groups in total. The van der Waals surface area contributed by atoms with E-state index in [4.69, 9.17) is 4.74 Å². The Bertz CT molecular complexity index is 1640. The molecule has 0 aromatic heterocycles. The number of aliphatic hydroxyl groups is 2. The predicted molar refractivity (Wildman–Crippen MR) is 435 cm³/mol. The largest absolute Gasteiger partial charge is 0.466 e. The molecule has 0 saturated heterocycles. The van der Waals surface area contributed by atoms with Crippen LogP contribution in [0.1, 0.15) is 502 Å². The lowest BCUT2D eigenvalue weighted by atomic mass is 10.0. The average Bonchev–Trinajstić information content (AvgIpc) is 1.73. The van der Waals surface area contributed by atoms with Crippen LogP contribution in [0, 0.1) is 0 Å². The minimum atomic E-state index is -0.845. The molecule has 0 aliphatic rings. The zero-order valence-corrected chi connectivity index (χ0v) is 66.5. The normalized spacial score (nSPS) is 12.7. The van der Waals surface area contributed by atoms with Crippen molar-refractivity contribution in [2.75, 3.05) is 13.2 Å². The summed E-state index contributed by atoms with van der Waals surface area (Å²) in [4.78, 5) is 24.7. The molecular formula is C92H175NO5. The topological polar surface area (TPSA) is 95.9 Å². The number of carbonyl (C=O) groups excluding carboxylic acids is 2. The molecule has 0 heterocycles. The standard InChI is InChI=1S/C92H175NO5/c1-3-5-7-9-11-13-15-17-19-21-22-23-24-40-43-46-49-53-56-60-64-68-72-76-80-84-90(95)89(88-94)93-91(96)85-81-77-73-69-65-61-57-54-50-47-44-41-38-36-34-32-30-28-26-25-27-29-31-33-35-37-39-42-45-48-51-55-59-63-67-71-75-79-83-87-98-92(97)86-82-78-74-70-66-62-58-52-20-18-16-14-12-10-8-6-4-2/h18,20,25-26,29,31,80,84,89-90,94-95H,3-17,19,21-24,27-28,30,32-79,81-83,85-88H2,1-2H3,(H,93,96)/b20-18-,26-25-,31-29-,84-80+. The van der Waals surface area contributed by atoms with E-state index in [1.54, 1.807) is 6.08 Å².